The average Bonchev–Trinajstić information content (AvgIpc) is 2.16. The van der Waals surface area contributed by atoms with E-state index in [0.29, 0.717) is 18.0 Å². The first-order valence-corrected chi connectivity index (χ1v) is 6.90. The number of rotatable bonds is 6. The quantitative estimate of drug-likeness (QED) is 0.721. The standard InChI is InChI=1S/C13H28N2S/c1-7-12(8-2)15(9-10(3)4)13(16)14-11(5)6/h10-12H,7-9H2,1-6H3,(H,14,16). The molecule has 0 saturated heterocycles. The van der Waals surface area contributed by atoms with Gasteiger partial charge in [0.25, 0.3) is 0 Å². The first-order chi connectivity index (χ1) is 7.42. The Kier molecular flexibility index (Phi) is 7.73. The molecule has 1 N–H and O–H groups in total. The Labute approximate surface area is 107 Å². The molecule has 16 heavy (non-hydrogen) atoms. The summed E-state index contributed by atoms with van der Waals surface area (Å²) in [6.07, 6.45) is 2.31. The Balaban J connectivity index is 4.57. The molecule has 0 amide bonds. The zero-order valence-corrected chi connectivity index (χ0v) is 12.5. The van der Waals surface area contributed by atoms with E-state index in [1.165, 1.54) is 0 Å². The van der Waals surface area contributed by atoms with Crippen molar-refractivity contribution in [2.45, 2.75) is 66.5 Å². The molecule has 0 aromatic carbocycles. The van der Waals surface area contributed by atoms with E-state index in [0.717, 1.165) is 24.5 Å². The lowest BCUT2D eigenvalue weighted by molar-refractivity contribution is 0.262. The van der Waals surface area contributed by atoms with Crippen LogP contribution in [0, 0.1) is 5.92 Å². The fraction of sp³-hybridized carbons (Fsp3) is 0.923. The van der Waals surface area contributed by atoms with Gasteiger partial charge in [0.2, 0.25) is 0 Å². The van der Waals surface area contributed by atoms with E-state index in [1.807, 2.05) is 0 Å². The van der Waals surface area contributed by atoms with Crippen LogP contribution < -0.4 is 5.32 Å². The molecule has 0 aromatic heterocycles. The summed E-state index contributed by atoms with van der Waals surface area (Å²) in [6, 6.07) is 0.984. The minimum atomic E-state index is 0.413. The van der Waals surface area contributed by atoms with Crippen molar-refractivity contribution < 1.29 is 0 Å². The maximum atomic E-state index is 5.49. The summed E-state index contributed by atoms with van der Waals surface area (Å²) < 4.78 is 0. The second-order valence-corrected chi connectivity index (χ2v) is 5.51. The van der Waals surface area contributed by atoms with Crippen LogP contribution in [0.25, 0.3) is 0 Å². The van der Waals surface area contributed by atoms with Gasteiger partial charge in [-0.3, -0.25) is 0 Å². The van der Waals surface area contributed by atoms with Gasteiger partial charge in [0.1, 0.15) is 0 Å². The SMILES string of the molecule is CCC(CC)N(CC(C)C)C(=S)NC(C)C. The molecule has 0 aliphatic carbocycles. The van der Waals surface area contributed by atoms with Crippen molar-refractivity contribution in [2.75, 3.05) is 6.54 Å². The zero-order valence-electron chi connectivity index (χ0n) is 11.7. The molecule has 0 bridgehead atoms. The lowest BCUT2D eigenvalue weighted by Gasteiger charge is -2.35. The molecule has 3 heteroatoms. The van der Waals surface area contributed by atoms with Crippen molar-refractivity contribution in [1.29, 1.82) is 0 Å². The molecular weight excluding hydrogens is 216 g/mol. The van der Waals surface area contributed by atoms with Gasteiger partial charge in [-0.2, -0.15) is 0 Å². The van der Waals surface area contributed by atoms with Crippen molar-refractivity contribution in [3.05, 3.63) is 0 Å². The largest absolute Gasteiger partial charge is 0.360 e. The van der Waals surface area contributed by atoms with Crippen LogP contribution in [-0.4, -0.2) is 28.6 Å². The molecule has 0 heterocycles. The number of nitrogens with one attached hydrogen (secondary N) is 1. The van der Waals surface area contributed by atoms with Crippen molar-refractivity contribution in [3.8, 4) is 0 Å². The predicted octanol–water partition coefficient (Wildman–Crippen LogP) is 3.42. The summed E-state index contributed by atoms with van der Waals surface area (Å²) in [5, 5.41) is 4.27. The monoisotopic (exact) mass is 244 g/mol. The van der Waals surface area contributed by atoms with Gasteiger partial charge in [0.05, 0.1) is 0 Å². The molecular formula is C13H28N2S. The van der Waals surface area contributed by atoms with Crippen molar-refractivity contribution in [3.63, 3.8) is 0 Å². The summed E-state index contributed by atoms with van der Waals surface area (Å²) in [4.78, 5) is 2.36. The van der Waals surface area contributed by atoms with Gasteiger partial charge in [-0.25, -0.2) is 0 Å². The highest BCUT2D eigenvalue weighted by molar-refractivity contribution is 7.80. The summed E-state index contributed by atoms with van der Waals surface area (Å²) in [6.45, 7) is 14.3. The van der Waals surface area contributed by atoms with Gasteiger partial charge in [-0.05, 0) is 44.8 Å². The molecule has 0 aliphatic heterocycles. The summed E-state index contributed by atoms with van der Waals surface area (Å²) >= 11 is 5.49. The Morgan fingerprint density at radius 1 is 1.12 bits per heavy atom. The molecule has 2 nitrogen and oxygen atoms in total. The van der Waals surface area contributed by atoms with Gasteiger partial charge in [-0.15, -0.1) is 0 Å². The second kappa shape index (κ2) is 7.88. The van der Waals surface area contributed by atoms with Gasteiger partial charge >= 0.3 is 0 Å². The maximum absolute atomic E-state index is 5.49. The molecule has 96 valence electrons. The van der Waals surface area contributed by atoms with Crippen LogP contribution in [-0.2, 0) is 0 Å². The van der Waals surface area contributed by atoms with Gasteiger partial charge in [0, 0.05) is 18.6 Å². The van der Waals surface area contributed by atoms with E-state index in [1.54, 1.807) is 0 Å². The number of nitrogens with zero attached hydrogens (tertiary/aromatic N) is 1. The molecule has 0 unspecified atom stereocenters. The van der Waals surface area contributed by atoms with Crippen LogP contribution in [0.3, 0.4) is 0 Å². The van der Waals surface area contributed by atoms with Gasteiger partial charge in [0.15, 0.2) is 5.11 Å². The second-order valence-electron chi connectivity index (χ2n) is 5.12. The molecule has 0 radical (unpaired) electrons. The van der Waals surface area contributed by atoms with E-state index < -0.39 is 0 Å². The molecule has 0 saturated carbocycles. The topological polar surface area (TPSA) is 15.3 Å². The number of hydrogen-bond acceptors (Lipinski definition) is 1. The van der Waals surface area contributed by atoms with E-state index >= 15 is 0 Å². The first-order valence-electron chi connectivity index (χ1n) is 6.49. The van der Waals surface area contributed by atoms with Crippen molar-refractivity contribution in [2.24, 2.45) is 5.92 Å². The fourth-order valence-electron chi connectivity index (χ4n) is 1.85. The summed E-state index contributed by atoms with van der Waals surface area (Å²) in [5.41, 5.74) is 0. The highest BCUT2D eigenvalue weighted by Gasteiger charge is 2.19. The third-order valence-electron chi connectivity index (χ3n) is 2.62. The molecule has 0 fully saturated rings. The van der Waals surface area contributed by atoms with Crippen LogP contribution in [0.4, 0.5) is 0 Å². The minimum absolute atomic E-state index is 0.413. The number of thiocarbonyl (C=S) groups is 1. The van der Waals surface area contributed by atoms with Crippen LogP contribution in [0.15, 0.2) is 0 Å². The third kappa shape index (κ3) is 5.69. The Bertz CT molecular complexity index is 198. The molecule has 0 aliphatic rings. The minimum Gasteiger partial charge on any atom is -0.360 e. The third-order valence-corrected chi connectivity index (χ3v) is 2.97. The van der Waals surface area contributed by atoms with E-state index in [9.17, 15) is 0 Å². The van der Waals surface area contributed by atoms with Crippen molar-refractivity contribution in [1.82, 2.24) is 10.2 Å². The fourth-order valence-corrected chi connectivity index (χ4v) is 2.31. The van der Waals surface area contributed by atoms with Crippen LogP contribution in [0.1, 0.15) is 54.4 Å². The van der Waals surface area contributed by atoms with E-state index in [2.05, 4.69) is 51.8 Å². The van der Waals surface area contributed by atoms with Crippen molar-refractivity contribution >= 4 is 17.3 Å². The number of hydrogen-bond donors (Lipinski definition) is 1. The molecule has 0 aromatic rings. The van der Waals surface area contributed by atoms with Crippen LogP contribution in [0.2, 0.25) is 0 Å². The van der Waals surface area contributed by atoms with E-state index in [-0.39, 0.29) is 0 Å². The van der Waals surface area contributed by atoms with Crippen LogP contribution in [0.5, 0.6) is 0 Å². The lowest BCUT2D eigenvalue weighted by atomic mass is 10.1. The highest BCUT2D eigenvalue weighted by atomic mass is 32.1. The normalized spacial score (nSPS) is 11.3. The lowest BCUT2D eigenvalue weighted by Crippen LogP contribution is -2.49. The maximum Gasteiger partial charge on any atom is 0.169 e. The Hall–Kier alpha value is -0.310. The highest BCUT2D eigenvalue weighted by Crippen LogP contribution is 2.12. The van der Waals surface area contributed by atoms with Gasteiger partial charge in [-0.1, -0.05) is 27.7 Å². The Morgan fingerprint density at radius 3 is 1.94 bits per heavy atom. The predicted molar refractivity (Wildman–Crippen MR) is 76.8 cm³/mol. The zero-order chi connectivity index (χ0) is 12.7. The van der Waals surface area contributed by atoms with Crippen LogP contribution >= 0.6 is 12.2 Å². The van der Waals surface area contributed by atoms with E-state index in [4.69, 9.17) is 12.2 Å². The van der Waals surface area contributed by atoms with Gasteiger partial charge < -0.3 is 10.2 Å². The first kappa shape index (κ1) is 15.7. The molecule has 0 atom stereocenters. The average molecular weight is 244 g/mol. The Morgan fingerprint density at radius 2 is 1.62 bits per heavy atom. The summed E-state index contributed by atoms with van der Waals surface area (Å²) in [7, 11) is 0. The molecule has 0 spiro atoms. The summed E-state index contributed by atoms with van der Waals surface area (Å²) in [5.74, 6) is 0.646. The molecule has 0 rings (SSSR count). The smallest absolute Gasteiger partial charge is 0.169 e.